The van der Waals surface area contributed by atoms with Crippen molar-refractivity contribution in [1.82, 2.24) is 0 Å². The van der Waals surface area contributed by atoms with Crippen molar-refractivity contribution in [3.05, 3.63) is 36.0 Å². The quantitative estimate of drug-likeness (QED) is 0.491. The third-order valence-electron chi connectivity index (χ3n) is 1.66. The Morgan fingerprint density at radius 3 is 2.89 bits per heavy atom. The zero-order valence-corrected chi connectivity index (χ0v) is 5.85. The van der Waals surface area contributed by atoms with Crippen LogP contribution >= 0.6 is 0 Å². The van der Waals surface area contributed by atoms with E-state index in [-0.39, 0.29) is 0 Å². The summed E-state index contributed by atoms with van der Waals surface area (Å²) in [5, 5.41) is 0. The molecule has 0 fully saturated rings. The van der Waals surface area contributed by atoms with Crippen molar-refractivity contribution in [3.8, 4) is 0 Å². The standard InChI is InChI=1S/C9H12/c1-3-5-9-7-4-6-8(9)2/h3,6-7H,1,4-5H2,2H3. The summed E-state index contributed by atoms with van der Waals surface area (Å²) in [6.07, 6.45) is 8.61. The lowest BCUT2D eigenvalue weighted by Crippen LogP contribution is -1.76. The molecule has 0 heterocycles. The predicted octanol–water partition coefficient (Wildman–Crippen LogP) is 2.84. The van der Waals surface area contributed by atoms with Crippen molar-refractivity contribution in [2.75, 3.05) is 0 Å². The molecule has 0 aliphatic heterocycles. The molecule has 9 heavy (non-hydrogen) atoms. The van der Waals surface area contributed by atoms with Crippen LogP contribution in [0.5, 0.6) is 0 Å². The van der Waals surface area contributed by atoms with Crippen LogP contribution in [0.25, 0.3) is 0 Å². The van der Waals surface area contributed by atoms with Gasteiger partial charge in [-0.3, -0.25) is 0 Å². The first-order valence-electron chi connectivity index (χ1n) is 3.31. The van der Waals surface area contributed by atoms with E-state index in [1.165, 1.54) is 11.1 Å². The van der Waals surface area contributed by atoms with E-state index in [1.807, 2.05) is 6.08 Å². The Balaban J connectivity index is 2.60. The van der Waals surface area contributed by atoms with Crippen LogP contribution in [0.1, 0.15) is 19.8 Å². The van der Waals surface area contributed by atoms with Gasteiger partial charge in [-0.2, -0.15) is 0 Å². The molecule has 0 radical (unpaired) electrons. The summed E-state index contributed by atoms with van der Waals surface area (Å²) < 4.78 is 0. The summed E-state index contributed by atoms with van der Waals surface area (Å²) in [5.41, 5.74) is 2.87. The van der Waals surface area contributed by atoms with Gasteiger partial charge < -0.3 is 0 Å². The molecule has 0 aromatic heterocycles. The first kappa shape index (κ1) is 6.34. The van der Waals surface area contributed by atoms with Gasteiger partial charge in [0.05, 0.1) is 0 Å². The number of rotatable bonds is 2. The SMILES string of the molecule is C=CCC1=CCC=C1C. The number of allylic oxidation sites excluding steroid dienone is 5. The average molecular weight is 120 g/mol. The van der Waals surface area contributed by atoms with E-state index in [4.69, 9.17) is 0 Å². The molecule has 48 valence electrons. The Labute approximate surface area is 56.6 Å². The number of hydrogen-bond donors (Lipinski definition) is 0. The van der Waals surface area contributed by atoms with E-state index < -0.39 is 0 Å². The summed E-state index contributed by atoms with van der Waals surface area (Å²) in [5.74, 6) is 0. The molecular formula is C9H12. The fourth-order valence-electron chi connectivity index (χ4n) is 1.07. The average Bonchev–Trinajstić information content (AvgIpc) is 2.18. The van der Waals surface area contributed by atoms with Gasteiger partial charge in [0, 0.05) is 0 Å². The molecule has 0 aromatic rings. The summed E-state index contributed by atoms with van der Waals surface area (Å²) in [6, 6.07) is 0. The second kappa shape index (κ2) is 2.67. The molecule has 0 spiro atoms. The van der Waals surface area contributed by atoms with Gasteiger partial charge in [-0.25, -0.2) is 0 Å². The monoisotopic (exact) mass is 120 g/mol. The highest BCUT2D eigenvalue weighted by molar-refractivity contribution is 5.36. The second-order valence-electron chi connectivity index (χ2n) is 2.35. The van der Waals surface area contributed by atoms with Gasteiger partial charge in [0.15, 0.2) is 0 Å². The minimum absolute atomic E-state index is 1.03. The van der Waals surface area contributed by atoms with E-state index in [0.29, 0.717) is 0 Å². The zero-order valence-electron chi connectivity index (χ0n) is 5.85. The van der Waals surface area contributed by atoms with E-state index in [0.717, 1.165) is 12.8 Å². The van der Waals surface area contributed by atoms with Crippen molar-refractivity contribution >= 4 is 0 Å². The smallest absolute Gasteiger partial charge is 0.0101 e. The molecule has 0 amide bonds. The van der Waals surface area contributed by atoms with Crippen molar-refractivity contribution < 1.29 is 0 Å². The Kier molecular flexibility index (Phi) is 1.88. The summed E-state index contributed by atoms with van der Waals surface area (Å²) in [6.45, 7) is 5.85. The number of hydrogen-bond acceptors (Lipinski definition) is 0. The van der Waals surface area contributed by atoms with Gasteiger partial charge in [-0.15, -0.1) is 6.58 Å². The van der Waals surface area contributed by atoms with E-state index in [2.05, 4.69) is 25.7 Å². The van der Waals surface area contributed by atoms with Gasteiger partial charge >= 0.3 is 0 Å². The lowest BCUT2D eigenvalue weighted by molar-refractivity contribution is 1.23. The van der Waals surface area contributed by atoms with Crippen LogP contribution in [0.15, 0.2) is 36.0 Å². The second-order valence-corrected chi connectivity index (χ2v) is 2.35. The fourth-order valence-corrected chi connectivity index (χ4v) is 1.07. The first-order valence-corrected chi connectivity index (χ1v) is 3.31. The Hall–Kier alpha value is -0.780. The third kappa shape index (κ3) is 1.32. The minimum Gasteiger partial charge on any atom is -0.103 e. The molecule has 0 N–H and O–H groups in total. The van der Waals surface area contributed by atoms with Gasteiger partial charge in [-0.05, 0) is 25.3 Å². The highest BCUT2D eigenvalue weighted by Crippen LogP contribution is 2.21. The molecule has 1 aliphatic carbocycles. The Morgan fingerprint density at radius 1 is 1.67 bits per heavy atom. The van der Waals surface area contributed by atoms with Crippen LogP contribution in [-0.4, -0.2) is 0 Å². The van der Waals surface area contributed by atoms with Gasteiger partial charge in [0.1, 0.15) is 0 Å². The van der Waals surface area contributed by atoms with E-state index >= 15 is 0 Å². The molecule has 1 rings (SSSR count). The topological polar surface area (TPSA) is 0 Å². The van der Waals surface area contributed by atoms with Crippen molar-refractivity contribution in [2.24, 2.45) is 0 Å². The lowest BCUT2D eigenvalue weighted by atomic mass is 10.1. The summed E-state index contributed by atoms with van der Waals surface area (Å²) in [4.78, 5) is 0. The van der Waals surface area contributed by atoms with Crippen molar-refractivity contribution in [2.45, 2.75) is 19.8 Å². The maximum Gasteiger partial charge on any atom is -0.0101 e. The van der Waals surface area contributed by atoms with Crippen LogP contribution in [0.4, 0.5) is 0 Å². The first-order chi connectivity index (χ1) is 4.34. The zero-order chi connectivity index (χ0) is 6.69. The molecule has 0 heteroatoms. The maximum absolute atomic E-state index is 3.69. The van der Waals surface area contributed by atoms with Gasteiger partial charge in [-0.1, -0.05) is 23.8 Å². The summed E-state index contributed by atoms with van der Waals surface area (Å²) >= 11 is 0. The molecule has 0 aromatic carbocycles. The summed E-state index contributed by atoms with van der Waals surface area (Å²) in [7, 11) is 0. The predicted molar refractivity (Wildman–Crippen MR) is 41.3 cm³/mol. The fraction of sp³-hybridized carbons (Fsp3) is 0.333. The van der Waals surface area contributed by atoms with E-state index in [9.17, 15) is 0 Å². The molecule has 0 bridgehead atoms. The van der Waals surface area contributed by atoms with Crippen LogP contribution in [-0.2, 0) is 0 Å². The molecule has 1 aliphatic rings. The Morgan fingerprint density at radius 2 is 2.44 bits per heavy atom. The van der Waals surface area contributed by atoms with Crippen molar-refractivity contribution in [1.29, 1.82) is 0 Å². The molecule has 0 saturated heterocycles. The lowest BCUT2D eigenvalue weighted by Gasteiger charge is -1.96. The van der Waals surface area contributed by atoms with Crippen LogP contribution in [0.3, 0.4) is 0 Å². The molecule has 0 saturated carbocycles. The molecule has 0 atom stereocenters. The highest BCUT2D eigenvalue weighted by Gasteiger charge is 2.01. The van der Waals surface area contributed by atoms with Crippen LogP contribution in [0, 0.1) is 0 Å². The largest absolute Gasteiger partial charge is 0.103 e. The van der Waals surface area contributed by atoms with Crippen LogP contribution < -0.4 is 0 Å². The molecule has 0 unspecified atom stereocenters. The minimum atomic E-state index is 1.03. The molecular weight excluding hydrogens is 108 g/mol. The van der Waals surface area contributed by atoms with Crippen molar-refractivity contribution in [3.63, 3.8) is 0 Å². The Bertz CT molecular complexity index is 170. The van der Waals surface area contributed by atoms with Gasteiger partial charge in [0.2, 0.25) is 0 Å². The van der Waals surface area contributed by atoms with Gasteiger partial charge in [0.25, 0.3) is 0 Å². The highest BCUT2D eigenvalue weighted by atomic mass is 14.1. The third-order valence-corrected chi connectivity index (χ3v) is 1.66. The van der Waals surface area contributed by atoms with Crippen LogP contribution in [0.2, 0.25) is 0 Å². The van der Waals surface area contributed by atoms with E-state index in [1.54, 1.807) is 0 Å². The molecule has 0 nitrogen and oxygen atoms in total. The normalized spacial score (nSPS) is 17.0. The maximum atomic E-state index is 3.69.